The van der Waals surface area contributed by atoms with Crippen LogP contribution in [0.3, 0.4) is 0 Å². The summed E-state index contributed by atoms with van der Waals surface area (Å²) >= 11 is 5.87. The van der Waals surface area contributed by atoms with Gasteiger partial charge in [-0.05, 0) is 56.3 Å². The Morgan fingerprint density at radius 1 is 1.08 bits per heavy atom. The molecule has 0 aliphatic heterocycles. The van der Waals surface area contributed by atoms with Crippen molar-refractivity contribution in [3.63, 3.8) is 0 Å². The van der Waals surface area contributed by atoms with E-state index in [0.29, 0.717) is 34.7 Å². The van der Waals surface area contributed by atoms with Crippen LogP contribution in [-0.2, 0) is 9.84 Å². The molecule has 0 saturated carbocycles. The minimum absolute atomic E-state index is 0.0571. The van der Waals surface area contributed by atoms with E-state index in [4.69, 9.17) is 11.6 Å². The number of rotatable bonds is 5. The lowest BCUT2D eigenvalue weighted by atomic mass is 10.1. The predicted octanol–water partition coefficient (Wildman–Crippen LogP) is 4.71. The number of sulfone groups is 1. The van der Waals surface area contributed by atoms with Gasteiger partial charge >= 0.3 is 0 Å². The molecule has 0 N–H and O–H groups in total. The highest BCUT2D eigenvalue weighted by atomic mass is 35.5. The molecule has 1 heterocycles. The zero-order chi connectivity index (χ0) is 18.9. The standard InChI is InChI=1S/C19H18ClFN2O2S/c1-3-23(4-2)19-16-11-14(21)7-10-17(16)22-12-18(19)26(24,25)15-8-5-13(20)6-9-15/h5-12H,3-4H2,1-2H3. The summed E-state index contributed by atoms with van der Waals surface area (Å²) in [5.41, 5.74) is 1.01. The molecule has 0 amide bonds. The lowest BCUT2D eigenvalue weighted by Gasteiger charge is -2.25. The van der Waals surface area contributed by atoms with Crippen LogP contribution in [0.1, 0.15) is 13.8 Å². The molecule has 2 aromatic carbocycles. The van der Waals surface area contributed by atoms with E-state index in [1.165, 1.54) is 42.6 Å². The Balaban J connectivity index is 2.34. The summed E-state index contributed by atoms with van der Waals surface area (Å²) in [6.45, 7) is 5.01. The van der Waals surface area contributed by atoms with E-state index >= 15 is 0 Å². The van der Waals surface area contributed by atoms with Crippen LogP contribution >= 0.6 is 11.6 Å². The van der Waals surface area contributed by atoms with Gasteiger partial charge in [0.25, 0.3) is 0 Å². The Morgan fingerprint density at radius 3 is 2.35 bits per heavy atom. The van der Waals surface area contributed by atoms with Gasteiger partial charge in [-0.1, -0.05) is 11.6 Å². The first-order valence-electron chi connectivity index (χ1n) is 8.22. The van der Waals surface area contributed by atoms with Crippen molar-refractivity contribution in [1.29, 1.82) is 0 Å². The Hall–Kier alpha value is -2.18. The van der Waals surface area contributed by atoms with Crippen molar-refractivity contribution in [2.24, 2.45) is 0 Å². The molecule has 4 nitrogen and oxygen atoms in total. The van der Waals surface area contributed by atoms with Crippen LogP contribution in [0.15, 0.2) is 58.5 Å². The van der Waals surface area contributed by atoms with Gasteiger partial charge in [-0.25, -0.2) is 12.8 Å². The van der Waals surface area contributed by atoms with Crippen molar-refractivity contribution in [2.45, 2.75) is 23.6 Å². The number of halogens is 2. The third kappa shape index (κ3) is 3.27. The summed E-state index contributed by atoms with van der Waals surface area (Å²) in [4.78, 5) is 6.32. The molecule has 0 fully saturated rings. The lowest BCUT2D eigenvalue weighted by Crippen LogP contribution is -2.24. The molecular weight excluding hydrogens is 375 g/mol. The molecule has 136 valence electrons. The average Bonchev–Trinajstić information content (AvgIpc) is 2.63. The van der Waals surface area contributed by atoms with Gasteiger partial charge in [0.2, 0.25) is 9.84 Å². The van der Waals surface area contributed by atoms with E-state index in [1.54, 1.807) is 6.07 Å². The maximum absolute atomic E-state index is 13.9. The summed E-state index contributed by atoms with van der Waals surface area (Å²) in [7, 11) is -3.84. The summed E-state index contributed by atoms with van der Waals surface area (Å²) in [5.74, 6) is -0.436. The number of hydrogen-bond donors (Lipinski definition) is 0. The minimum atomic E-state index is -3.84. The average molecular weight is 393 g/mol. The highest BCUT2D eigenvalue weighted by Gasteiger charge is 2.26. The fourth-order valence-electron chi connectivity index (χ4n) is 2.94. The monoisotopic (exact) mass is 392 g/mol. The van der Waals surface area contributed by atoms with Crippen LogP contribution < -0.4 is 4.90 Å². The number of hydrogen-bond acceptors (Lipinski definition) is 4. The van der Waals surface area contributed by atoms with Gasteiger partial charge in [-0.15, -0.1) is 0 Å². The van der Waals surface area contributed by atoms with Gasteiger partial charge in [0.1, 0.15) is 10.7 Å². The van der Waals surface area contributed by atoms with Crippen LogP contribution in [0.25, 0.3) is 10.9 Å². The van der Waals surface area contributed by atoms with Gasteiger partial charge in [0, 0.05) is 29.7 Å². The Bertz CT molecular complexity index is 1050. The number of anilines is 1. The maximum atomic E-state index is 13.9. The van der Waals surface area contributed by atoms with E-state index in [2.05, 4.69) is 4.98 Å². The smallest absolute Gasteiger partial charge is 0.210 e. The van der Waals surface area contributed by atoms with E-state index < -0.39 is 15.7 Å². The van der Waals surface area contributed by atoms with Gasteiger partial charge < -0.3 is 4.90 Å². The van der Waals surface area contributed by atoms with Crippen molar-refractivity contribution in [3.8, 4) is 0 Å². The first-order chi connectivity index (χ1) is 12.4. The maximum Gasteiger partial charge on any atom is 0.210 e. The van der Waals surface area contributed by atoms with Crippen molar-refractivity contribution in [1.82, 2.24) is 4.98 Å². The molecule has 0 radical (unpaired) electrons. The fraction of sp³-hybridized carbons (Fsp3) is 0.211. The molecule has 0 unspecified atom stereocenters. The topological polar surface area (TPSA) is 50.3 Å². The van der Waals surface area contributed by atoms with Crippen LogP contribution in [-0.4, -0.2) is 26.5 Å². The third-order valence-electron chi connectivity index (χ3n) is 4.26. The number of benzene rings is 2. The van der Waals surface area contributed by atoms with E-state index in [0.717, 1.165) is 0 Å². The van der Waals surface area contributed by atoms with Crippen molar-refractivity contribution >= 4 is 38.0 Å². The Kier molecular flexibility index (Phi) is 5.16. The van der Waals surface area contributed by atoms with E-state index in [1.807, 2.05) is 18.7 Å². The highest BCUT2D eigenvalue weighted by molar-refractivity contribution is 7.91. The summed E-state index contributed by atoms with van der Waals surface area (Å²) in [5, 5.41) is 0.926. The molecule has 0 saturated heterocycles. The van der Waals surface area contributed by atoms with E-state index in [9.17, 15) is 12.8 Å². The second-order valence-electron chi connectivity index (χ2n) is 5.76. The summed E-state index contributed by atoms with van der Waals surface area (Å²) in [6, 6.07) is 10.2. The first kappa shape index (κ1) is 18.6. The largest absolute Gasteiger partial charge is 0.370 e. The molecule has 7 heteroatoms. The van der Waals surface area contributed by atoms with Crippen LogP contribution in [0.5, 0.6) is 0 Å². The highest BCUT2D eigenvalue weighted by Crippen LogP contribution is 2.36. The normalized spacial score (nSPS) is 11.7. The van der Waals surface area contributed by atoms with Crippen LogP contribution in [0, 0.1) is 5.82 Å². The molecule has 3 rings (SSSR count). The SMILES string of the molecule is CCN(CC)c1c(S(=O)(=O)c2ccc(Cl)cc2)cnc2ccc(F)cc12. The van der Waals surface area contributed by atoms with Gasteiger partial charge in [-0.3, -0.25) is 4.98 Å². The van der Waals surface area contributed by atoms with Gasteiger partial charge in [-0.2, -0.15) is 0 Å². The van der Waals surface area contributed by atoms with Gasteiger partial charge in [0.15, 0.2) is 0 Å². The second kappa shape index (κ2) is 7.21. The van der Waals surface area contributed by atoms with E-state index in [-0.39, 0.29) is 9.79 Å². The quantitative estimate of drug-likeness (QED) is 0.631. The van der Waals surface area contributed by atoms with Crippen molar-refractivity contribution < 1.29 is 12.8 Å². The molecule has 1 aromatic heterocycles. The predicted molar refractivity (Wildman–Crippen MR) is 102 cm³/mol. The zero-order valence-corrected chi connectivity index (χ0v) is 16.0. The van der Waals surface area contributed by atoms with Crippen LogP contribution in [0.4, 0.5) is 10.1 Å². The molecule has 0 spiro atoms. The fourth-order valence-corrected chi connectivity index (χ4v) is 4.50. The Morgan fingerprint density at radius 2 is 1.73 bits per heavy atom. The molecule has 0 atom stereocenters. The number of fused-ring (bicyclic) bond motifs is 1. The van der Waals surface area contributed by atoms with Gasteiger partial charge in [0.05, 0.1) is 16.1 Å². The molecular formula is C19H18ClFN2O2S. The number of nitrogens with zero attached hydrogens (tertiary/aromatic N) is 2. The molecule has 0 aliphatic rings. The second-order valence-corrected chi connectivity index (χ2v) is 8.12. The molecule has 0 aliphatic carbocycles. The summed E-state index contributed by atoms with van der Waals surface area (Å²) in [6.07, 6.45) is 1.35. The molecule has 26 heavy (non-hydrogen) atoms. The minimum Gasteiger partial charge on any atom is -0.370 e. The zero-order valence-electron chi connectivity index (χ0n) is 14.4. The van der Waals surface area contributed by atoms with Crippen LogP contribution in [0.2, 0.25) is 5.02 Å². The lowest BCUT2D eigenvalue weighted by molar-refractivity contribution is 0.595. The first-order valence-corrected chi connectivity index (χ1v) is 10.1. The van der Waals surface area contributed by atoms with Crippen molar-refractivity contribution in [3.05, 3.63) is 59.5 Å². The summed E-state index contributed by atoms with van der Waals surface area (Å²) < 4.78 is 40.3. The molecule has 0 bridgehead atoms. The molecule has 3 aromatic rings. The van der Waals surface area contributed by atoms with Crippen molar-refractivity contribution in [2.75, 3.05) is 18.0 Å². The Labute approximate surface area is 157 Å². The number of aromatic nitrogens is 1. The number of pyridine rings is 1. The third-order valence-corrected chi connectivity index (χ3v) is 6.28.